The van der Waals surface area contributed by atoms with Gasteiger partial charge in [-0.25, -0.2) is 0 Å². The van der Waals surface area contributed by atoms with Crippen LogP contribution in [0, 0.1) is 0 Å². The Hall–Kier alpha value is -0.570. The van der Waals surface area contributed by atoms with Crippen LogP contribution in [0.1, 0.15) is 34.1 Å². The van der Waals surface area contributed by atoms with Crippen molar-refractivity contribution in [3.05, 3.63) is 0 Å². The van der Waals surface area contributed by atoms with Crippen molar-refractivity contribution in [1.29, 1.82) is 0 Å². The Kier molecular flexibility index (Phi) is 2.96. The van der Waals surface area contributed by atoms with Gasteiger partial charge in [0.25, 0.3) is 0 Å². The summed E-state index contributed by atoms with van der Waals surface area (Å²) in [5, 5.41) is 3.51. The van der Waals surface area contributed by atoms with E-state index in [0.29, 0.717) is 6.04 Å². The molecule has 1 amide bonds. The van der Waals surface area contributed by atoms with E-state index in [-0.39, 0.29) is 11.4 Å². The molecule has 1 saturated heterocycles. The molecule has 1 unspecified atom stereocenters. The zero-order chi connectivity index (χ0) is 10.1. The fraction of sp³-hybridized carbons (Fsp3) is 0.900. The fourth-order valence-electron chi connectivity index (χ4n) is 1.78. The van der Waals surface area contributed by atoms with Crippen molar-refractivity contribution >= 4 is 5.91 Å². The lowest BCUT2D eigenvalue weighted by Gasteiger charge is -2.25. The van der Waals surface area contributed by atoms with Gasteiger partial charge in [-0.15, -0.1) is 0 Å². The van der Waals surface area contributed by atoms with Gasteiger partial charge in [-0.1, -0.05) is 0 Å². The lowest BCUT2D eigenvalue weighted by Crippen LogP contribution is -2.45. The fourth-order valence-corrected chi connectivity index (χ4v) is 1.78. The van der Waals surface area contributed by atoms with Gasteiger partial charge in [0, 0.05) is 31.6 Å². The molecular formula is C10H20N2O. The standard InChI is InChI=1S/C10H20N2O/c1-8(13)12-6-5-9(7-12)11-10(2,3)4/h9,11H,5-7H2,1-4H3. The number of rotatable bonds is 1. The van der Waals surface area contributed by atoms with E-state index in [0.717, 1.165) is 19.5 Å². The van der Waals surface area contributed by atoms with Crippen molar-refractivity contribution in [2.24, 2.45) is 0 Å². The van der Waals surface area contributed by atoms with E-state index >= 15 is 0 Å². The summed E-state index contributed by atoms with van der Waals surface area (Å²) in [5.74, 6) is 0.193. The zero-order valence-electron chi connectivity index (χ0n) is 9.05. The molecule has 1 heterocycles. The van der Waals surface area contributed by atoms with Gasteiger partial charge >= 0.3 is 0 Å². The van der Waals surface area contributed by atoms with Crippen LogP contribution in [0.4, 0.5) is 0 Å². The highest BCUT2D eigenvalue weighted by Crippen LogP contribution is 2.12. The molecule has 0 saturated carbocycles. The number of nitrogens with one attached hydrogen (secondary N) is 1. The predicted octanol–water partition coefficient (Wildman–Crippen LogP) is 0.995. The number of carbonyl (C=O) groups is 1. The zero-order valence-corrected chi connectivity index (χ0v) is 9.05. The molecule has 76 valence electrons. The molecule has 3 nitrogen and oxygen atoms in total. The summed E-state index contributed by atoms with van der Waals surface area (Å²) < 4.78 is 0. The van der Waals surface area contributed by atoms with Crippen LogP contribution in [-0.4, -0.2) is 35.5 Å². The summed E-state index contributed by atoms with van der Waals surface area (Å²) in [7, 11) is 0. The highest BCUT2D eigenvalue weighted by Gasteiger charge is 2.26. The molecule has 0 spiro atoms. The first kappa shape index (κ1) is 10.5. The Bertz CT molecular complexity index is 196. The van der Waals surface area contributed by atoms with Gasteiger partial charge < -0.3 is 10.2 Å². The van der Waals surface area contributed by atoms with E-state index in [1.807, 2.05) is 4.90 Å². The number of hydrogen-bond donors (Lipinski definition) is 1. The minimum atomic E-state index is 0.150. The van der Waals surface area contributed by atoms with E-state index < -0.39 is 0 Å². The van der Waals surface area contributed by atoms with Crippen LogP contribution >= 0.6 is 0 Å². The third kappa shape index (κ3) is 3.35. The van der Waals surface area contributed by atoms with Crippen molar-refractivity contribution < 1.29 is 4.79 Å². The van der Waals surface area contributed by atoms with E-state index in [1.165, 1.54) is 0 Å². The molecule has 0 radical (unpaired) electrons. The Morgan fingerprint density at radius 3 is 2.46 bits per heavy atom. The van der Waals surface area contributed by atoms with E-state index in [9.17, 15) is 4.79 Å². The summed E-state index contributed by atoms with van der Waals surface area (Å²) in [6.45, 7) is 9.88. The molecule has 1 aliphatic heterocycles. The Morgan fingerprint density at radius 1 is 1.46 bits per heavy atom. The van der Waals surface area contributed by atoms with Gasteiger partial charge in [0.15, 0.2) is 0 Å². The number of likely N-dealkylation sites (tertiary alicyclic amines) is 1. The van der Waals surface area contributed by atoms with Gasteiger partial charge in [0.05, 0.1) is 0 Å². The molecule has 0 bridgehead atoms. The summed E-state index contributed by atoms with van der Waals surface area (Å²) >= 11 is 0. The van der Waals surface area contributed by atoms with Crippen LogP contribution in [0.5, 0.6) is 0 Å². The molecule has 3 heteroatoms. The Morgan fingerprint density at radius 2 is 2.08 bits per heavy atom. The maximum absolute atomic E-state index is 11.1. The molecule has 1 aliphatic rings. The van der Waals surface area contributed by atoms with Crippen LogP contribution in [-0.2, 0) is 4.79 Å². The van der Waals surface area contributed by atoms with Gasteiger partial charge in [0.2, 0.25) is 5.91 Å². The minimum absolute atomic E-state index is 0.150. The molecular weight excluding hydrogens is 164 g/mol. The molecule has 1 rings (SSSR count). The lowest BCUT2D eigenvalue weighted by atomic mass is 10.1. The number of hydrogen-bond acceptors (Lipinski definition) is 2. The smallest absolute Gasteiger partial charge is 0.219 e. The summed E-state index contributed by atoms with van der Waals surface area (Å²) in [6, 6.07) is 0.476. The van der Waals surface area contributed by atoms with Gasteiger partial charge in [-0.2, -0.15) is 0 Å². The summed E-state index contributed by atoms with van der Waals surface area (Å²) in [4.78, 5) is 13.0. The topological polar surface area (TPSA) is 32.3 Å². The van der Waals surface area contributed by atoms with Crippen LogP contribution in [0.2, 0.25) is 0 Å². The third-order valence-electron chi connectivity index (χ3n) is 2.27. The van der Waals surface area contributed by atoms with Gasteiger partial charge in [-0.3, -0.25) is 4.79 Å². The van der Waals surface area contributed by atoms with Crippen LogP contribution < -0.4 is 5.32 Å². The quantitative estimate of drug-likeness (QED) is 0.659. The monoisotopic (exact) mass is 184 g/mol. The molecule has 0 aromatic carbocycles. The minimum Gasteiger partial charge on any atom is -0.341 e. The van der Waals surface area contributed by atoms with Crippen LogP contribution in [0.25, 0.3) is 0 Å². The van der Waals surface area contributed by atoms with Crippen LogP contribution in [0.15, 0.2) is 0 Å². The number of carbonyl (C=O) groups excluding carboxylic acids is 1. The largest absolute Gasteiger partial charge is 0.341 e. The second kappa shape index (κ2) is 3.66. The second-order valence-corrected chi connectivity index (χ2v) is 4.84. The average Bonchev–Trinajstić information content (AvgIpc) is 2.31. The summed E-state index contributed by atoms with van der Waals surface area (Å²) in [6.07, 6.45) is 1.08. The van der Waals surface area contributed by atoms with Crippen molar-refractivity contribution in [3.8, 4) is 0 Å². The summed E-state index contributed by atoms with van der Waals surface area (Å²) in [5.41, 5.74) is 0.150. The molecule has 1 atom stereocenters. The van der Waals surface area contributed by atoms with Crippen molar-refractivity contribution in [2.45, 2.75) is 45.7 Å². The molecule has 0 aromatic rings. The van der Waals surface area contributed by atoms with E-state index in [4.69, 9.17) is 0 Å². The Labute approximate surface area is 80.5 Å². The van der Waals surface area contributed by atoms with Crippen molar-refractivity contribution in [3.63, 3.8) is 0 Å². The molecule has 1 fully saturated rings. The molecule has 13 heavy (non-hydrogen) atoms. The highest BCUT2D eigenvalue weighted by atomic mass is 16.2. The third-order valence-corrected chi connectivity index (χ3v) is 2.27. The van der Waals surface area contributed by atoms with E-state index in [1.54, 1.807) is 6.92 Å². The second-order valence-electron chi connectivity index (χ2n) is 4.84. The molecule has 1 N–H and O–H groups in total. The SMILES string of the molecule is CC(=O)N1CCC(NC(C)(C)C)C1. The predicted molar refractivity (Wildman–Crippen MR) is 53.5 cm³/mol. The van der Waals surface area contributed by atoms with Gasteiger partial charge in [0.1, 0.15) is 0 Å². The van der Waals surface area contributed by atoms with Gasteiger partial charge in [-0.05, 0) is 27.2 Å². The van der Waals surface area contributed by atoms with E-state index in [2.05, 4.69) is 26.1 Å². The lowest BCUT2D eigenvalue weighted by molar-refractivity contribution is -0.127. The first-order chi connectivity index (χ1) is 5.88. The van der Waals surface area contributed by atoms with Crippen molar-refractivity contribution in [1.82, 2.24) is 10.2 Å². The maximum Gasteiger partial charge on any atom is 0.219 e. The number of nitrogens with zero attached hydrogens (tertiary/aromatic N) is 1. The first-order valence-electron chi connectivity index (χ1n) is 4.92. The van der Waals surface area contributed by atoms with Crippen molar-refractivity contribution in [2.75, 3.05) is 13.1 Å². The molecule has 0 aliphatic carbocycles. The first-order valence-corrected chi connectivity index (χ1v) is 4.92. The normalized spacial score (nSPS) is 23.7. The Balaban J connectivity index is 2.38. The molecule has 0 aromatic heterocycles. The maximum atomic E-state index is 11.1. The average molecular weight is 184 g/mol. The number of amides is 1. The van der Waals surface area contributed by atoms with Crippen LogP contribution in [0.3, 0.4) is 0 Å². The highest BCUT2D eigenvalue weighted by molar-refractivity contribution is 5.73.